The smallest absolute Gasteiger partial charge is 0.292 e. The van der Waals surface area contributed by atoms with Gasteiger partial charge in [0.2, 0.25) is 0 Å². The Morgan fingerprint density at radius 1 is 0.895 bits per heavy atom. The lowest BCUT2D eigenvalue weighted by Gasteiger charge is -2.26. The van der Waals surface area contributed by atoms with Gasteiger partial charge in [0, 0.05) is 17.7 Å². The van der Waals surface area contributed by atoms with Crippen LogP contribution in [0.5, 0.6) is 5.75 Å². The number of rotatable bonds is 9. The minimum Gasteiger partial charge on any atom is -0.486 e. The molecule has 0 aliphatic heterocycles. The molecule has 6 nitrogen and oxygen atoms in total. The van der Waals surface area contributed by atoms with Gasteiger partial charge in [-0.2, -0.15) is 5.10 Å². The highest BCUT2D eigenvalue weighted by atomic mass is 16.5. The molecular weight excluding hydrogens is 474 g/mol. The molecule has 0 atom stereocenters. The summed E-state index contributed by atoms with van der Waals surface area (Å²) in [4.78, 5) is 12.7. The van der Waals surface area contributed by atoms with E-state index in [1.807, 2.05) is 24.4 Å². The molecule has 0 saturated carbocycles. The second-order valence-corrected chi connectivity index (χ2v) is 9.91. The van der Waals surface area contributed by atoms with Crippen molar-refractivity contribution in [1.29, 1.82) is 0 Å². The van der Waals surface area contributed by atoms with E-state index in [0.29, 0.717) is 18.1 Å². The van der Waals surface area contributed by atoms with E-state index < -0.39 is 0 Å². The zero-order valence-electron chi connectivity index (χ0n) is 21.8. The van der Waals surface area contributed by atoms with Crippen LogP contribution in [0.2, 0.25) is 0 Å². The number of amides is 1. The van der Waals surface area contributed by atoms with Gasteiger partial charge in [-0.05, 0) is 47.9 Å². The molecular formula is C32H31N3O3. The number of ether oxygens (including phenoxy) is 1. The number of hydrogen-bond acceptors (Lipinski definition) is 4. The second kappa shape index (κ2) is 10.8. The Morgan fingerprint density at radius 3 is 2.34 bits per heavy atom. The first-order chi connectivity index (χ1) is 18.4. The second-order valence-electron chi connectivity index (χ2n) is 9.91. The summed E-state index contributed by atoms with van der Waals surface area (Å²) in [7, 11) is 0. The third-order valence-corrected chi connectivity index (χ3v) is 6.69. The molecule has 1 amide bonds. The Hall–Kier alpha value is -4.58. The normalized spacial score (nSPS) is 11.3. The van der Waals surface area contributed by atoms with Gasteiger partial charge in [0.25, 0.3) is 5.91 Å². The summed E-state index contributed by atoms with van der Waals surface area (Å²) in [5.74, 6) is 1.61. The van der Waals surface area contributed by atoms with E-state index in [0.717, 1.165) is 11.3 Å². The average Bonchev–Trinajstić information content (AvgIpc) is 3.59. The number of aryl methyl sites for hydroxylation is 1. The maximum Gasteiger partial charge on any atom is 0.292 e. The summed E-state index contributed by atoms with van der Waals surface area (Å²) >= 11 is 0. The molecule has 0 saturated heterocycles. The molecule has 192 valence electrons. The summed E-state index contributed by atoms with van der Waals surface area (Å²) in [6.45, 7) is 7.33. The Bertz CT molecular complexity index is 1500. The maximum absolute atomic E-state index is 12.7. The highest BCUT2D eigenvalue weighted by molar-refractivity contribution is 6.01. The summed E-state index contributed by atoms with van der Waals surface area (Å²) in [5, 5.41) is 7.23. The summed E-state index contributed by atoms with van der Waals surface area (Å²) < 4.78 is 13.4. The van der Waals surface area contributed by atoms with Gasteiger partial charge >= 0.3 is 0 Å². The van der Waals surface area contributed by atoms with Crippen LogP contribution in [-0.4, -0.2) is 15.7 Å². The number of nitrogens with zero attached hydrogens (tertiary/aromatic N) is 2. The first-order valence-electron chi connectivity index (χ1n) is 12.6. The number of carbonyl (C=O) groups excluding carboxylic acids is 1. The molecule has 5 rings (SSSR count). The zero-order valence-corrected chi connectivity index (χ0v) is 21.8. The van der Waals surface area contributed by atoms with E-state index in [1.54, 1.807) is 22.9 Å². The van der Waals surface area contributed by atoms with Crippen LogP contribution in [0.4, 0.5) is 5.82 Å². The Kier molecular flexibility index (Phi) is 7.13. The van der Waals surface area contributed by atoms with E-state index in [4.69, 9.17) is 9.15 Å². The highest BCUT2D eigenvalue weighted by Crippen LogP contribution is 2.32. The molecule has 2 heterocycles. The van der Waals surface area contributed by atoms with Crippen LogP contribution in [-0.2, 0) is 18.6 Å². The molecule has 1 N–H and O–H groups in total. The van der Waals surface area contributed by atoms with Gasteiger partial charge in [-0.3, -0.25) is 9.48 Å². The lowest BCUT2D eigenvalue weighted by Crippen LogP contribution is -2.18. The van der Waals surface area contributed by atoms with E-state index in [2.05, 4.69) is 91.9 Å². The molecule has 0 aliphatic rings. The van der Waals surface area contributed by atoms with Crippen LogP contribution >= 0.6 is 0 Å². The van der Waals surface area contributed by atoms with Gasteiger partial charge in [0.05, 0.1) is 6.54 Å². The minimum absolute atomic E-state index is 0.112. The molecule has 0 spiro atoms. The van der Waals surface area contributed by atoms with Crippen LogP contribution in [0.15, 0.2) is 108 Å². The maximum atomic E-state index is 12.7. The van der Waals surface area contributed by atoms with E-state index in [-0.39, 0.29) is 23.7 Å². The van der Waals surface area contributed by atoms with Gasteiger partial charge in [0.1, 0.15) is 18.1 Å². The quantitative estimate of drug-likeness (QED) is 0.234. The lowest BCUT2D eigenvalue weighted by atomic mass is 9.78. The van der Waals surface area contributed by atoms with E-state index >= 15 is 0 Å². The molecule has 6 heteroatoms. The highest BCUT2D eigenvalue weighted by Gasteiger charge is 2.22. The van der Waals surface area contributed by atoms with Crippen LogP contribution in [0.3, 0.4) is 0 Å². The van der Waals surface area contributed by atoms with Crippen molar-refractivity contribution >= 4 is 11.7 Å². The van der Waals surface area contributed by atoms with Crippen molar-refractivity contribution in [2.75, 3.05) is 5.32 Å². The molecule has 5 aromatic rings. The number of furan rings is 1. The van der Waals surface area contributed by atoms with Gasteiger partial charge in [-0.15, -0.1) is 0 Å². The molecule has 0 unspecified atom stereocenters. The van der Waals surface area contributed by atoms with Gasteiger partial charge < -0.3 is 14.5 Å². The Labute approximate surface area is 222 Å². The molecule has 0 fully saturated rings. The van der Waals surface area contributed by atoms with Crippen LogP contribution in [0.1, 0.15) is 52.4 Å². The number of hydrogen-bond donors (Lipinski definition) is 1. The Balaban J connectivity index is 1.15. The fraction of sp³-hybridized carbons (Fsp3) is 0.188. The first kappa shape index (κ1) is 25.1. The number of aromatic nitrogens is 2. The minimum atomic E-state index is -0.357. The monoisotopic (exact) mass is 505 g/mol. The van der Waals surface area contributed by atoms with Crippen molar-refractivity contribution < 1.29 is 13.9 Å². The molecule has 0 bridgehead atoms. The van der Waals surface area contributed by atoms with Crippen LogP contribution in [0.25, 0.3) is 0 Å². The largest absolute Gasteiger partial charge is 0.486 e. The number of nitrogens with one attached hydrogen (secondary N) is 1. The molecule has 0 radical (unpaired) electrons. The van der Waals surface area contributed by atoms with Crippen LogP contribution in [0, 0.1) is 6.92 Å². The third kappa shape index (κ3) is 5.86. The van der Waals surface area contributed by atoms with Crippen molar-refractivity contribution in [2.45, 2.75) is 39.3 Å². The lowest BCUT2D eigenvalue weighted by molar-refractivity contribution is 0.0992. The SMILES string of the molecule is Cc1ccc(Cn2ccc(NC(=O)c3ccc(COc4ccc(C(C)(C)c5ccccc5)cc4)o3)n2)cc1. The standard InChI is InChI=1S/C32H31N3O3/c1-23-9-11-24(12-10-23)21-35-20-19-30(34-35)33-31(36)29-18-17-28(38-29)22-37-27-15-13-26(14-16-27)32(2,3)25-7-5-4-6-8-25/h4-20H,21-22H2,1-3H3,(H,33,34,36). The van der Waals surface area contributed by atoms with Gasteiger partial charge in [-0.25, -0.2) is 0 Å². The Morgan fingerprint density at radius 2 is 1.61 bits per heavy atom. The van der Waals surface area contributed by atoms with Crippen molar-refractivity contribution in [2.24, 2.45) is 0 Å². The van der Waals surface area contributed by atoms with Crippen molar-refractivity contribution in [3.8, 4) is 5.75 Å². The predicted molar refractivity (Wildman–Crippen MR) is 149 cm³/mol. The topological polar surface area (TPSA) is 69.3 Å². The fourth-order valence-electron chi connectivity index (χ4n) is 4.30. The van der Waals surface area contributed by atoms with E-state index in [1.165, 1.54) is 16.7 Å². The van der Waals surface area contributed by atoms with E-state index in [9.17, 15) is 4.79 Å². The third-order valence-electron chi connectivity index (χ3n) is 6.69. The molecule has 38 heavy (non-hydrogen) atoms. The van der Waals surface area contributed by atoms with Gasteiger partial charge in [0.15, 0.2) is 11.6 Å². The first-order valence-corrected chi connectivity index (χ1v) is 12.6. The molecule has 0 aliphatic carbocycles. The van der Waals surface area contributed by atoms with Crippen molar-refractivity contribution in [3.05, 3.63) is 137 Å². The van der Waals surface area contributed by atoms with Crippen molar-refractivity contribution in [1.82, 2.24) is 9.78 Å². The zero-order chi connectivity index (χ0) is 26.5. The summed E-state index contributed by atoms with van der Waals surface area (Å²) in [6.07, 6.45) is 1.84. The average molecular weight is 506 g/mol. The van der Waals surface area contributed by atoms with Gasteiger partial charge in [-0.1, -0.05) is 86.1 Å². The summed E-state index contributed by atoms with van der Waals surface area (Å²) in [6, 6.07) is 32.0. The number of benzene rings is 3. The molecule has 3 aromatic carbocycles. The predicted octanol–water partition coefficient (Wildman–Crippen LogP) is 6.99. The number of anilines is 1. The number of carbonyl (C=O) groups is 1. The molecule has 2 aromatic heterocycles. The van der Waals surface area contributed by atoms with Crippen LogP contribution < -0.4 is 10.1 Å². The fourth-order valence-corrected chi connectivity index (χ4v) is 4.30. The van der Waals surface area contributed by atoms with Crippen molar-refractivity contribution in [3.63, 3.8) is 0 Å². The summed E-state index contributed by atoms with van der Waals surface area (Å²) in [5.41, 5.74) is 4.70.